The van der Waals surface area contributed by atoms with Crippen molar-refractivity contribution in [1.29, 1.82) is 0 Å². The minimum atomic E-state index is 0.318. The van der Waals surface area contributed by atoms with Crippen LogP contribution in [0.4, 0.5) is 0 Å². The van der Waals surface area contributed by atoms with E-state index < -0.39 is 0 Å². The number of nitrogens with zero attached hydrogens (tertiary/aromatic N) is 2. The summed E-state index contributed by atoms with van der Waals surface area (Å²) in [6.07, 6.45) is 10.7. The lowest BCUT2D eigenvalue weighted by molar-refractivity contribution is 0.403. The van der Waals surface area contributed by atoms with Crippen molar-refractivity contribution in [3.8, 4) is 0 Å². The highest BCUT2D eigenvalue weighted by atomic mass is 14.7. The lowest BCUT2D eigenvalue weighted by Crippen LogP contribution is -2.12. The molecule has 0 aliphatic heterocycles. The van der Waals surface area contributed by atoms with Crippen molar-refractivity contribution in [1.82, 2.24) is 9.97 Å². The van der Waals surface area contributed by atoms with E-state index in [1.54, 1.807) is 0 Å². The van der Waals surface area contributed by atoms with Gasteiger partial charge in [-0.2, -0.15) is 0 Å². The predicted molar refractivity (Wildman–Crippen MR) is 214 cm³/mol. The van der Waals surface area contributed by atoms with Crippen molar-refractivity contribution in [2.45, 2.75) is 163 Å². The maximum absolute atomic E-state index is 4.55. The molecular formula is C46H76N2. The average molecular weight is 657 g/mol. The molecule has 0 saturated heterocycles. The van der Waals surface area contributed by atoms with Crippen LogP contribution in [0.15, 0.2) is 60.9 Å². The van der Waals surface area contributed by atoms with Gasteiger partial charge in [0.15, 0.2) is 0 Å². The van der Waals surface area contributed by atoms with Crippen LogP contribution in [-0.4, -0.2) is 9.97 Å². The van der Waals surface area contributed by atoms with Gasteiger partial charge in [-0.3, -0.25) is 9.97 Å². The van der Waals surface area contributed by atoms with Crippen LogP contribution >= 0.6 is 0 Å². The molecule has 0 radical (unpaired) electrons. The van der Waals surface area contributed by atoms with Gasteiger partial charge in [-0.1, -0.05) is 161 Å². The molecule has 2 aromatic heterocycles. The first-order valence-electron chi connectivity index (χ1n) is 18.4. The van der Waals surface area contributed by atoms with Gasteiger partial charge < -0.3 is 0 Å². The Morgan fingerprint density at radius 1 is 0.292 bits per heavy atom. The van der Waals surface area contributed by atoms with E-state index in [0.717, 1.165) is 38.5 Å². The van der Waals surface area contributed by atoms with Crippen molar-refractivity contribution in [3.05, 3.63) is 94.6 Å². The smallest absolute Gasteiger partial charge is 0.0409 e. The van der Waals surface area contributed by atoms with E-state index in [1.807, 2.05) is 12.4 Å². The van der Waals surface area contributed by atoms with Gasteiger partial charge in [0, 0.05) is 23.8 Å². The van der Waals surface area contributed by atoms with E-state index in [-0.39, 0.29) is 0 Å². The maximum atomic E-state index is 4.55. The summed E-state index contributed by atoms with van der Waals surface area (Å²) in [6.45, 7) is 40.8. The Balaban J connectivity index is 0.000000360. The predicted octanol–water partition coefficient (Wildman–Crippen LogP) is 13.4. The van der Waals surface area contributed by atoms with Gasteiger partial charge in [0.05, 0.1) is 0 Å². The van der Waals surface area contributed by atoms with E-state index in [2.05, 4.69) is 183 Å². The van der Waals surface area contributed by atoms with Gasteiger partial charge in [-0.25, -0.2) is 0 Å². The number of aromatic nitrogens is 2. The van der Waals surface area contributed by atoms with Crippen LogP contribution < -0.4 is 0 Å². The summed E-state index contributed by atoms with van der Waals surface area (Å²) < 4.78 is 0. The largest absolute Gasteiger partial charge is 0.261 e. The Morgan fingerprint density at radius 2 is 0.500 bits per heavy atom. The molecule has 270 valence electrons. The molecule has 0 bridgehead atoms. The second-order valence-corrected chi connectivity index (χ2v) is 21.6. The zero-order valence-electron chi connectivity index (χ0n) is 34.9. The van der Waals surface area contributed by atoms with Crippen LogP contribution in [0.5, 0.6) is 0 Å². The lowest BCUT2D eigenvalue weighted by atomic mass is 9.85. The summed E-state index contributed by atoms with van der Waals surface area (Å²) in [5.74, 6) is 0. The van der Waals surface area contributed by atoms with Crippen molar-refractivity contribution in [3.63, 3.8) is 0 Å². The molecule has 3 rings (SSSR count). The Labute approximate surface area is 299 Å². The molecular weight excluding hydrogens is 581 g/mol. The molecule has 0 N–H and O–H groups in total. The summed E-state index contributed by atoms with van der Waals surface area (Å²) in [5, 5.41) is 0. The molecule has 0 unspecified atom stereocenters. The van der Waals surface area contributed by atoms with Crippen molar-refractivity contribution in [2.75, 3.05) is 0 Å². The van der Waals surface area contributed by atoms with E-state index in [0.29, 0.717) is 32.5 Å². The van der Waals surface area contributed by atoms with Crippen LogP contribution in [0, 0.1) is 32.5 Å². The van der Waals surface area contributed by atoms with Crippen molar-refractivity contribution < 1.29 is 0 Å². The summed E-state index contributed by atoms with van der Waals surface area (Å²) in [5.41, 5.74) is 10.1. The quantitative estimate of drug-likeness (QED) is 0.264. The van der Waals surface area contributed by atoms with Crippen molar-refractivity contribution >= 4 is 0 Å². The molecule has 2 heteroatoms. The number of pyridine rings is 2. The first-order chi connectivity index (χ1) is 21.5. The molecule has 2 nitrogen and oxygen atoms in total. The summed E-state index contributed by atoms with van der Waals surface area (Å²) in [6, 6.07) is 17.9. The molecule has 0 aliphatic rings. The molecule has 0 aliphatic carbocycles. The minimum Gasteiger partial charge on any atom is -0.261 e. The normalized spacial score (nSPS) is 12.9. The molecule has 3 aromatic rings. The second-order valence-electron chi connectivity index (χ2n) is 21.6. The third-order valence-electron chi connectivity index (χ3n) is 7.16. The van der Waals surface area contributed by atoms with Crippen LogP contribution in [0.2, 0.25) is 0 Å². The molecule has 48 heavy (non-hydrogen) atoms. The van der Waals surface area contributed by atoms with E-state index in [1.165, 1.54) is 33.6 Å². The standard InChI is InChI=1S/C16H26.2C15H25N/c1-15(2,3)11-13-7-9-14(10-8-13)12-16(4,5)6;2*1-14(2,3)9-12-7-8-13(16-11-12)10-15(4,5)6/h7-10H,11-12H2,1-6H3;2*7-8,11H,9-10H2,1-6H3. The van der Waals surface area contributed by atoms with Gasteiger partial charge in [0.25, 0.3) is 0 Å². The molecule has 0 saturated carbocycles. The van der Waals surface area contributed by atoms with Crippen LogP contribution in [0.3, 0.4) is 0 Å². The number of rotatable bonds is 6. The fraction of sp³-hybridized carbons (Fsp3) is 0.652. The topological polar surface area (TPSA) is 25.8 Å². The van der Waals surface area contributed by atoms with Crippen LogP contribution in [-0.2, 0) is 38.5 Å². The first-order valence-corrected chi connectivity index (χ1v) is 18.4. The third-order valence-corrected chi connectivity index (χ3v) is 7.16. The Hall–Kier alpha value is -2.48. The zero-order chi connectivity index (χ0) is 37.2. The van der Waals surface area contributed by atoms with Crippen LogP contribution in [0.25, 0.3) is 0 Å². The Morgan fingerprint density at radius 3 is 0.688 bits per heavy atom. The monoisotopic (exact) mass is 657 g/mol. The summed E-state index contributed by atoms with van der Waals surface area (Å²) in [4.78, 5) is 9.10. The van der Waals surface area contributed by atoms with Crippen LogP contribution in [0.1, 0.15) is 158 Å². The van der Waals surface area contributed by atoms with E-state index >= 15 is 0 Å². The number of benzene rings is 1. The van der Waals surface area contributed by atoms with E-state index in [4.69, 9.17) is 0 Å². The fourth-order valence-corrected chi connectivity index (χ4v) is 5.64. The van der Waals surface area contributed by atoms with Gasteiger partial charge in [0.2, 0.25) is 0 Å². The van der Waals surface area contributed by atoms with Gasteiger partial charge >= 0.3 is 0 Å². The number of hydrogen-bond donors (Lipinski definition) is 0. The second kappa shape index (κ2) is 17.4. The molecule has 0 atom stereocenters. The SMILES string of the molecule is CC(C)(C)Cc1ccc(CC(C)(C)C)cc1.CC(C)(C)Cc1ccc(CC(C)(C)C)nc1.CC(C)(C)Cc1ccc(CC(C)(C)C)nc1. The lowest BCUT2D eigenvalue weighted by Gasteiger charge is -2.20. The molecule has 0 spiro atoms. The molecule has 0 fully saturated rings. The van der Waals surface area contributed by atoms with Gasteiger partial charge in [0.1, 0.15) is 0 Å². The average Bonchev–Trinajstić information content (AvgIpc) is 2.83. The molecule has 0 amide bonds. The van der Waals surface area contributed by atoms with E-state index in [9.17, 15) is 0 Å². The van der Waals surface area contributed by atoms with Crippen molar-refractivity contribution in [2.24, 2.45) is 32.5 Å². The highest BCUT2D eigenvalue weighted by Gasteiger charge is 2.16. The van der Waals surface area contributed by atoms with Gasteiger partial charge in [-0.15, -0.1) is 0 Å². The van der Waals surface area contributed by atoms with Gasteiger partial charge in [-0.05, 0) is 105 Å². The minimum absolute atomic E-state index is 0.318. The Kier molecular flexibility index (Phi) is 15.8. The summed E-state index contributed by atoms with van der Waals surface area (Å²) >= 11 is 0. The fourth-order valence-electron chi connectivity index (χ4n) is 5.64. The first kappa shape index (κ1) is 43.5. The highest BCUT2D eigenvalue weighted by molar-refractivity contribution is 5.24. The number of hydrogen-bond acceptors (Lipinski definition) is 2. The Bertz CT molecular complexity index is 1030. The molecule has 2 heterocycles. The summed E-state index contributed by atoms with van der Waals surface area (Å²) in [7, 11) is 0. The third kappa shape index (κ3) is 23.8. The highest BCUT2D eigenvalue weighted by Crippen LogP contribution is 2.25. The molecule has 1 aromatic carbocycles. The maximum Gasteiger partial charge on any atom is 0.0409 e. The zero-order valence-corrected chi connectivity index (χ0v) is 34.9.